The van der Waals surface area contributed by atoms with E-state index in [2.05, 4.69) is 15.1 Å². The minimum absolute atomic E-state index is 0.227. The van der Waals surface area contributed by atoms with Gasteiger partial charge in [0.2, 0.25) is 0 Å². The van der Waals surface area contributed by atoms with Crippen molar-refractivity contribution in [2.45, 2.75) is 39.3 Å². The summed E-state index contributed by atoms with van der Waals surface area (Å²) in [4.78, 5) is 18.0. The molecule has 7 heteroatoms. The summed E-state index contributed by atoms with van der Waals surface area (Å²) < 4.78 is 5.48. The Bertz CT molecular complexity index is 723. The van der Waals surface area contributed by atoms with Crippen molar-refractivity contribution in [1.82, 2.24) is 24.8 Å². The molecular weight excluding hydrogens is 330 g/mol. The SMILES string of the molecule is CC(C)(C)OC(=O)N1CCCN(Cc2cnn(-c3ccccc3)n2)CC1. The van der Waals surface area contributed by atoms with Crippen LogP contribution in [0.15, 0.2) is 36.5 Å². The lowest BCUT2D eigenvalue weighted by molar-refractivity contribution is 0.0257. The van der Waals surface area contributed by atoms with Gasteiger partial charge < -0.3 is 9.64 Å². The van der Waals surface area contributed by atoms with Crippen molar-refractivity contribution < 1.29 is 9.53 Å². The molecule has 1 saturated heterocycles. The summed E-state index contributed by atoms with van der Waals surface area (Å²) in [6.07, 6.45) is 2.50. The molecule has 1 aliphatic heterocycles. The van der Waals surface area contributed by atoms with Crippen LogP contribution in [0.2, 0.25) is 0 Å². The van der Waals surface area contributed by atoms with Gasteiger partial charge in [-0.1, -0.05) is 18.2 Å². The van der Waals surface area contributed by atoms with Crippen LogP contribution in [0.5, 0.6) is 0 Å². The molecule has 1 aromatic carbocycles. The second-order valence-electron chi connectivity index (χ2n) is 7.56. The van der Waals surface area contributed by atoms with Gasteiger partial charge in [0, 0.05) is 32.7 Å². The number of carbonyl (C=O) groups excluding carboxylic acids is 1. The van der Waals surface area contributed by atoms with Crippen LogP contribution >= 0.6 is 0 Å². The third-order valence-electron chi connectivity index (χ3n) is 4.15. The number of rotatable bonds is 3. The first-order valence-electron chi connectivity index (χ1n) is 9.08. The quantitative estimate of drug-likeness (QED) is 0.845. The molecule has 0 N–H and O–H groups in total. The van der Waals surface area contributed by atoms with E-state index in [1.165, 1.54) is 0 Å². The van der Waals surface area contributed by atoms with E-state index in [4.69, 9.17) is 4.74 Å². The Balaban J connectivity index is 1.55. The van der Waals surface area contributed by atoms with E-state index in [0.717, 1.165) is 44.0 Å². The van der Waals surface area contributed by atoms with Crippen LogP contribution in [0.3, 0.4) is 0 Å². The van der Waals surface area contributed by atoms with Gasteiger partial charge in [0.05, 0.1) is 17.6 Å². The van der Waals surface area contributed by atoms with Gasteiger partial charge in [0.15, 0.2) is 0 Å². The van der Waals surface area contributed by atoms with Gasteiger partial charge in [-0.3, -0.25) is 4.90 Å². The van der Waals surface area contributed by atoms with E-state index in [1.807, 2.05) is 57.3 Å². The smallest absolute Gasteiger partial charge is 0.410 e. The zero-order valence-electron chi connectivity index (χ0n) is 15.8. The third-order valence-corrected chi connectivity index (χ3v) is 4.15. The summed E-state index contributed by atoms with van der Waals surface area (Å²) in [6.45, 7) is 9.54. The molecule has 2 aromatic rings. The summed E-state index contributed by atoms with van der Waals surface area (Å²) in [5.74, 6) is 0. The van der Waals surface area contributed by atoms with E-state index in [9.17, 15) is 4.79 Å². The summed E-state index contributed by atoms with van der Waals surface area (Å²) in [7, 11) is 0. The highest BCUT2D eigenvalue weighted by molar-refractivity contribution is 5.68. The Morgan fingerprint density at radius 2 is 1.88 bits per heavy atom. The predicted molar refractivity (Wildman–Crippen MR) is 99.1 cm³/mol. The Kier molecular flexibility index (Phi) is 5.56. The molecule has 0 saturated carbocycles. The Labute approximate surface area is 154 Å². The number of nitrogens with zero attached hydrogens (tertiary/aromatic N) is 5. The van der Waals surface area contributed by atoms with E-state index in [1.54, 1.807) is 9.70 Å². The Morgan fingerprint density at radius 3 is 2.62 bits per heavy atom. The van der Waals surface area contributed by atoms with Gasteiger partial charge in [0.1, 0.15) is 5.60 Å². The lowest BCUT2D eigenvalue weighted by atomic mass is 10.2. The van der Waals surface area contributed by atoms with Crippen LogP contribution in [0, 0.1) is 0 Å². The molecule has 1 aromatic heterocycles. The fourth-order valence-corrected chi connectivity index (χ4v) is 2.92. The first-order valence-corrected chi connectivity index (χ1v) is 9.08. The van der Waals surface area contributed by atoms with Crippen molar-refractivity contribution in [3.63, 3.8) is 0 Å². The predicted octanol–water partition coefficient (Wildman–Crippen LogP) is 2.71. The first kappa shape index (κ1) is 18.4. The van der Waals surface area contributed by atoms with Crippen LogP contribution in [0.1, 0.15) is 32.9 Å². The van der Waals surface area contributed by atoms with Crippen LogP contribution in [-0.4, -0.2) is 62.7 Å². The largest absolute Gasteiger partial charge is 0.444 e. The summed E-state index contributed by atoms with van der Waals surface area (Å²) >= 11 is 0. The topological polar surface area (TPSA) is 63.5 Å². The summed E-state index contributed by atoms with van der Waals surface area (Å²) in [5, 5.41) is 8.92. The van der Waals surface area contributed by atoms with Crippen molar-refractivity contribution in [1.29, 1.82) is 0 Å². The molecule has 0 unspecified atom stereocenters. The minimum Gasteiger partial charge on any atom is -0.444 e. The van der Waals surface area contributed by atoms with E-state index < -0.39 is 5.60 Å². The van der Waals surface area contributed by atoms with Gasteiger partial charge in [0.25, 0.3) is 0 Å². The average molecular weight is 357 g/mol. The van der Waals surface area contributed by atoms with Crippen LogP contribution in [-0.2, 0) is 11.3 Å². The normalized spacial score (nSPS) is 16.3. The van der Waals surface area contributed by atoms with Crippen LogP contribution in [0.25, 0.3) is 5.69 Å². The average Bonchev–Trinajstić information content (AvgIpc) is 2.92. The number of aromatic nitrogens is 3. The second kappa shape index (κ2) is 7.86. The molecule has 0 aliphatic carbocycles. The maximum Gasteiger partial charge on any atom is 0.410 e. The number of amides is 1. The molecule has 140 valence electrons. The Hall–Kier alpha value is -2.41. The number of ether oxygens (including phenoxy) is 1. The molecule has 0 atom stereocenters. The molecule has 1 amide bonds. The zero-order chi connectivity index (χ0) is 18.6. The maximum atomic E-state index is 12.3. The fraction of sp³-hybridized carbons (Fsp3) is 0.526. The highest BCUT2D eigenvalue weighted by Gasteiger charge is 2.24. The molecule has 26 heavy (non-hydrogen) atoms. The number of benzene rings is 1. The molecule has 0 spiro atoms. The number of para-hydroxylation sites is 1. The van der Waals surface area contributed by atoms with Gasteiger partial charge in [-0.05, 0) is 39.3 Å². The summed E-state index contributed by atoms with van der Waals surface area (Å²) in [5.41, 5.74) is 1.42. The van der Waals surface area contributed by atoms with Crippen LogP contribution in [0.4, 0.5) is 4.79 Å². The van der Waals surface area contributed by atoms with Crippen LogP contribution < -0.4 is 0 Å². The molecule has 2 heterocycles. The van der Waals surface area contributed by atoms with Crippen molar-refractivity contribution in [2.75, 3.05) is 26.2 Å². The first-order chi connectivity index (χ1) is 12.4. The standard InChI is InChI=1S/C19H27N5O2/c1-19(2,3)26-18(25)23-11-7-10-22(12-13-23)15-16-14-20-24(21-16)17-8-5-4-6-9-17/h4-6,8-9,14H,7,10-13,15H2,1-3H3. The van der Waals surface area contributed by atoms with E-state index in [-0.39, 0.29) is 6.09 Å². The van der Waals surface area contributed by atoms with Gasteiger partial charge in [-0.25, -0.2) is 4.79 Å². The van der Waals surface area contributed by atoms with Crippen molar-refractivity contribution in [3.8, 4) is 5.69 Å². The van der Waals surface area contributed by atoms with Crippen molar-refractivity contribution in [3.05, 3.63) is 42.2 Å². The fourth-order valence-electron chi connectivity index (χ4n) is 2.92. The van der Waals surface area contributed by atoms with Gasteiger partial charge in [-0.2, -0.15) is 15.0 Å². The molecule has 0 radical (unpaired) electrons. The number of carbonyl (C=O) groups is 1. The molecule has 0 bridgehead atoms. The molecule has 3 rings (SSSR count). The molecular formula is C19H27N5O2. The number of hydrogen-bond donors (Lipinski definition) is 0. The maximum absolute atomic E-state index is 12.3. The Morgan fingerprint density at radius 1 is 1.12 bits per heavy atom. The van der Waals surface area contributed by atoms with Crippen molar-refractivity contribution >= 4 is 6.09 Å². The lowest BCUT2D eigenvalue weighted by Gasteiger charge is -2.26. The van der Waals surface area contributed by atoms with E-state index in [0.29, 0.717) is 6.54 Å². The highest BCUT2D eigenvalue weighted by Crippen LogP contribution is 2.13. The van der Waals surface area contributed by atoms with E-state index >= 15 is 0 Å². The third kappa shape index (κ3) is 5.05. The highest BCUT2D eigenvalue weighted by atomic mass is 16.6. The zero-order valence-corrected chi connectivity index (χ0v) is 15.8. The lowest BCUT2D eigenvalue weighted by Crippen LogP contribution is -2.39. The second-order valence-corrected chi connectivity index (χ2v) is 7.56. The molecule has 1 fully saturated rings. The minimum atomic E-state index is -0.459. The molecule has 7 nitrogen and oxygen atoms in total. The monoisotopic (exact) mass is 357 g/mol. The van der Waals surface area contributed by atoms with Crippen molar-refractivity contribution in [2.24, 2.45) is 0 Å². The number of hydrogen-bond acceptors (Lipinski definition) is 5. The summed E-state index contributed by atoms with van der Waals surface area (Å²) in [6, 6.07) is 9.88. The van der Waals surface area contributed by atoms with Gasteiger partial charge >= 0.3 is 6.09 Å². The molecule has 1 aliphatic rings. The van der Waals surface area contributed by atoms with Gasteiger partial charge in [-0.15, -0.1) is 0 Å².